The molecule has 1 fully saturated rings. The van der Waals surface area contributed by atoms with Crippen molar-refractivity contribution >= 4 is 34.3 Å². The fourth-order valence-corrected chi connectivity index (χ4v) is 4.43. The van der Waals surface area contributed by atoms with Crippen LogP contribution in [0.5, 0.6) is 11.8 Å². The third-order valence-corrected chi connectivity index (χ3v) is 6.64. The van der Waals surface area contributed by atoms with Crippen LogP contribution in [0.1, 0.15) is 16.2 Å². The van der Waals surface area contributed by atoms with Crippen molar-refractivity contribution in [3.05, 3.63) is 66.1 Å². The van der Waals surface area contributed by atoms with Crippen molar-refractivity contribution in [3.8, 4) is 17.8 Å². The molecule has 0 unspecified atom stereocenters. The van der Waals surface area contributed by atoms with Gasteiger partial charge in [-0.2, -0.15) is 20.3 Å². The van der Waals surface area contributed by atoms with E-state index in [1.807, 2.05) is 41.3 Å². The molecule has 13 nitrogen and oxygen atoms in total. The van der Waals surface area contributed by atoms with Gasteiger partial charge >= 0.3 is 12.1 Å². The van der Waals surface area contributed by atoms with E-state index >= 15 is 0 Å². The van der Waals surface area contributed by atoms with E-state index < -0.39 is 12.0 Å². The minimum absolute atomic E-state index is 0.0280. The van der Waals surface area contributed by atoms with Gasteiger partial charge in [-0.15, -0.1) is 0 Å². The van der Waals surface area contributed by atoms with Crippen molar-refractivity contribution < 1.29 is 23.8 Å². The lowest BCUT2D eigenvalue weighted by molar-refractivity contribution is 0.102. The van der Waals surface area contributed by atoms with Gasteiger partial charge in [0.1, 0.15) is 29.9 Å². The van der Waals surface area contributed by atoms with Crippen molar-refractivity contribution in [2.45, 2.75) is 6.61 Å². The number of rotatable bonds is 8. The molecule has 13 heteroatoms. The Morgan fingerprint density at radius 2 is 1.88 bits per heavy atom. The van der Waals surface area contributed by atoms with Crippen LogP contribution in [-0.2, 0) is 18.4 Å². The van der Waals surface area contributed by atoms with E-state index in [2.05, 4.69) is 20.4 Å². The third kappa shape index (κ3) is 6.27. The number of fused-ring (bicyclic) bond motifs is 1. The highest BCUT2D eigenvalue weighted by molar-refractivity contribution is 6.09. The molecule has 210 valence electrons. The summed E-state index contributed by atoms with van der Waals surface area (Å²) >= 11 is 0. The van der Waals surface area contributed by atoms with Crippen molar-refractivity contribution in [1.29, 1.82) is 5.26 Å². The first-order valence-electron chi connectivity index (χ1n) is 12.9. The largest absolute Gasteiger partial charge is 0.497 e. The Balaban J connectivity index is 1.40. The monoisotopic (exact) mass is 556 g/mol. The molecule has 0 bridgehead atoms. The zero-order valence-electron chi connectivity index (χ0n) is 22.6. The number of nitrogens with one attached hydrogen (secondary N) is 1. The quantitative estimate of drug-likeness (QED) is 0.343. The lowest BCUT2D eigenvalue weighted by atomic mass is 10.1. The van der Waals surface area contributed by atoms with Crippen molar-refractivity contribution in [2.75, 3.05) is 50.1 Å². The normalized spacial score (nSPS) is 13.0. The summed E-state index contributed by atoms with van der Waals surface area (Å²) in [6.07, 6.45) is 1.12. The summed E-state index contributed by atoms with van der Waals surface area (Å²) < 4.78 is 17.9. The first kappa shape index (κ1) is 27.2. The Kier molecular flexibility index (Phi) is 8.10. The number of carbonyl (C=O) groups is 2. The number of nitriles is 1. The number of benzene rings is 2. The number of ether oxygens (including phenoxy) is 3. The molecule has 1 aliphatic rings. The number of anilines is 2. The Hall–Kier alpha value is -5.38. The molecule has 2 amide bonds. The Bertz CT molecular complexity index is 1610. The van der Waals surface area contributed by atoms with E-state index in [9.17, 15) is 9.59 Å². The van der Waals surface area contributed by atoms with Crippen molar-refractivity contribution in [2.24, 2.45) is 7.05 Å². The van der Waals surface area contributed by atoms with Crippen molar-refractivity contribution in [1.82, 2.24) is 24.6 Å². The Labute approximate surface area is 235 Å². The van der Waals surface area contributed by atoms with Crippen LogP contribution in [0.4, 0.5) is 16.3 Å². The zero-order chi connectivity index (χ0) is 28.8. The molecule has 2 aromatic heterocycles. The second kappa shape index (κ2) is 12.2. The number of aryl methyl sites for hydroxylation is 1. The summed E-state index contributed by atoms with van der Waals surface area (Å²) in [7, 11) is 3.37. The summed E-state index contributed by atoms with van der Waals surface area (Å²) in [5, 5.41) is 17.5. The van der Waals surface area contributed by atoms with Gasteiger partial charge in [-0.1, -0.05) is 24.3 Å². The molecule has 1 saturated heterocycles. The second-order valence-corrected chi connectivity index (χ2v) is 9.17. The standard InChI is InChI=1S/C28H28N8O5/c1-34-20(7-9-30-34)18-41-27-32-24(17-25(33-27)35-10-12-36(13-11-35)28(38)40-14-8-29)26(37)31-23-16-21(39-2)15-19-5-3-4-6-22(19)23/h3-7,9,15-17H,10-14,18H2,1-2H3,(H,31,37). The molecule has 4 aromatic rings. The number of hydrogen-bond acceptors (Lipinski definition) is 10. The molecule has 0 atom stereocenters. The molecule has 41 heavy (non-hydrogen) atoms. The topological polar surface area (TPSA) is 148 Å². The summed E-state index contributed by atoms with van der Waals surface area (Å²) in [5.74, 6) is 0.635. The number of hydrogen-bond donors (Lipinski definition) is 1. The maximum Gasteiger partial charge on any atom is 0.410 e. The van der Waals surface area contributed by atoms with Gasteiger partial charge in [-0.05, 0) is 17.5 Å². The van der Waals surface area contributed by atoms with E-state index in [0.717, 1.165) is 16.5 Å². The van der Waals surface area contributed by atoms with Gasteiger partial charge in [0, 0.05) is 56.9 Å². The van der Waals surface area contributed by atoms with Crippen LogP contribution >= 0.6 is 0 Å². The lowest BCUT2D eigenvalue weighted by Gasteiger charge is -2.34. The van der Waals surface area contributed by atoms with Crippen LogP contribution in [-0.4, -0.2) is 76.5 Å². The molecule has 5 rings (SSSR count). The zero-order valence-corrected chi connectivity index (χ0v) is 22.6. The molecular weight excluding hydrogens is 528 g/mol. The highest BCUT2D eigenvalue weighted by Crippen LogP contribution is 2.30. The highest BCUT2D eigenvalue weighted by atomic mass is 16.6. The number of nitrogens with zero attached hydrogens (tertiary/aromatic N) is 7. The van der Waals surface area contributed by atoms with E-state index in [0.29, 0.717) is 43.4 Å². The SMILES string of the molecule is COc1cc(NC(=O)c2cc(N3CCN(C(=O)OCC#N)CC3)nc(OCc3ccnn3C)n2)c2ccccc2c1. The smallest absolute Gasteiger partial charge is 0.410 e. The van der Waals surface area contributed by atoms with Crippen LogP contribution in [0, 0.1) is 11.3 Å². The number of piperazine rings is 1. The van der Waals surface area contributed by atoms with E-state index in [1.165, 1.54) is 4.90 Å². The van der Waals surface area contributed by atoms with Crippen LogP contribution in [0.3, 0.4) is 0 Å². The van der Waals surface area contributed by atoms with Crippen LogP contribution in [0.2, 0.25) is 0 Å². The molecule has 0 spiro atoms. The van der Waals surface area contributed by atoms with Crippen LogP contribution < -0.4 is 19.7 Å². The molecule has 0 aliphatic carbocycles. The minimum atomic E-state index is -0.542. The number of carbonyl (C=O) groups excluding carboxylic acids is 2. The molecule has 1 aliphatic heterocycles. The van der Waals surface area contributed by atoms with Gasteiger partial charge in [-0.3, -0.25) is 9.48 Å². The van der Waals surface area contributed by atoms with Crippen LogP contribution in [0.25, 0.3) is 10.8 Å². The molecular formula is C28H28N8O5. The van der Waals surface area contributed by atoms with E-state index in [4.69, 9.17) is 19.5 Å². The first-order valence-corrected chi connectivity index (χ1v) is 12.9. The molecule has 1 N–H and O–H groups in total. The first-order chi connectivity index (χ1) is 19.9. The molecule has 2 aromatic carbocycles. The molecule has 0 saturated carbocycles. The van der Waals surface area contributed by atoms with E-state index in [1.54, 1.807) is 43.2 Å². The van der Waals surface area contributed by atoms with Gasteiger partial charge in [0.2, 0.25) is 0 Å². The summed E-state index contributed by atoms with van der Waals surface area (Å²) in [6.45, 7) is 1.43. The second-order valence-electron chi connectivity index (χ2n) is 9.17. The fourth-order valence-electron chi connectivity index (χ4n) is 4.43. The van der Waals surface area contributed by atoms with Gasteiger partial charge < -0.3 is 29.3 Å². The maximum atomic E-state index is 13.5. The maximum absolute atomic E-state index is 13.5. The fraction of sp³-hybridized carbons (Fsp3) is 0.286. The number of methoxy groups -OCH3 is 1. The molecule has 3 heterocycles. The van der Waals surface area contributed by atoms with Gasteiger partial charge in [0.15, 0.2) is 6.61 Å². The predicted octanol–water partition coefficient (Wildman–Crippen LogP) is 2.99. The average Bonchev–Trinajstić information content (AvgIpc) is 3.42. The van der Waals surface area contributed by atoms with Gasteiger partial charge in [-0.25, -0.2) is 4.79 Å². The summed E-state index contributed by atoms with van der Waals surface area (Å²) in [6, 6.07) is 16.6. The Morgan fingerprint density at radius 3 is 2.61 bits per heavy atom. The number of amides is 2. The third-order valence-electron chi connectivity index (χ3n) is 6.64. The van der Waals surface area contributed by atoms with Crippen molar-refractivity contribution in [3.63, 3.8) is 0 Å². The lowest BCUT2D eigenvalue weighted by Crippen LogP contribution is -2.49. The highest BCUT2D eigenvalue weighted by Gasteiger charge is 2.25. The van der Waals surface area contributed by atoms with E-state index in [-0.39, 0.29) is 24.9 Å². The minimum Gasteiger partial charge on any atom is -0.497 e. The van der Waals surface area contributed by atoms with Gasteiger partial charge in [0.25, 0.3) is 5.91 Å². The molecule has 0 radical (unpaired) electrons. The summed E-state index contributed by atoms with van der Waals surface area (Å²) in [5.41, 5.74) is 1.49. The Morgan fingerprint density at radius 1 is 1.07 bits per heavy atom. The summed E-state index contributed by atoms with van der Waals surface area (Å²) in [4.78, 5) is 38.1. The predicted molar refractivity (Wildman–Crippen MR) is 149 cm³/mol. The number of aromatic nitrogens is 4. The van der Waals surface area contributed by atoms with Crippen LogP contribution in [0.15, 0.2) is 54.7 Å². The van der Waals surface area contributed by atoms with Gasteiger partial charge in [0.05, 0.1) is 18.5 Å². The average molecular weight is 557 g/mol.